The zero-order chi connectivity index (χ0) is 40.4. The van der Waals surface area contributed by atoms with Crippen molar-refractivity contribution >= 4 is 23.8 Å². The number of fused-ring (bicyclic) bond motifs is 5. The van der Waals surface area contributed by atoms with Crippen LogP contribution in [-0.2, 0) is 44.7 Å². The van der Waals surface area contributed by atoms with Crippen molar-refractivity contribution in [3.8, 4) is 0 Å². The number of esters is 3. The summed E-state index contributed by atoms with van der Waals surface area (Å²) in [5.74, 6) is -1.05. The van der Waals surface area contributed by atoms with Crippen LogP contribution >= 0.6 is 0 Å². The van der Waals surface area contributed by atoms with E-state index in [4.69, 9.17) is 18.9 Å². The van der Waals surface area contributed by atoms with E-state index in [-0.39, 0.29) is 83.3 Å². The number of aliphatic hydroxyl groups excluding tert-OH is 1. The maximum atomic E-state index is 14.2. The highest BCUT2D eigenvalue weighted by molar-refractivity contribution is 5.90. The van der Waals surface area contributed by atoms with Crippen LogP contribution in [0.3, 0.4) is 0 Å². The van der Waals surface area contributed by atoms with E-state index in [9.17, 15) is 24.3 Å². The van der Waals surface area contributed by atoms with Crippen LogP contribution in [0.25, 0.3) is 0 Å². The van der Waals surface area contributed by atoms with Gasteiger partial charge in [0.15, 0.2) is 0 Å². The largest absolute Gasteiger partial charge is 0.462 e. The number of carbonyl (C=O) groups excluding carboxylic acids is 4. The molecule has 6 rings (SSSR count). The molecule has 4 aliphatic carbocycles. The van der Waals surface area contributed by atoms with Crippen molar-refractivity contribution in [2.45, 2.75) is 138 Å². The number of nitrogens with zero attached hydrogens (tertiary/aromatic N) is 1. The Morgan fingerprint density at radius 1 is 0.929 bits per heavy atom. The third-order valence-corrected chi connectivity index (χ3v) is 14.9. The Hall–Kier alpha value is -3.50. The van der Waals surface area contributed by atoms with E-state index in [1.807, 2.05) is 44.2 Å². The van der Waals surface area contributed by atoms with Crippen LogP contribution in [-0.4, -0.2) is 78.4 Å². The minimum absolute atomic E-state index is 0.0379. The Balaban J connectivity index is 1.25. The first-order valence-corrected chi connectivity index (χ1v) is 21.1. The molecule has 10 heteroatoms. The molecular weight excluding hydrogens is 711 g/mol. The highest BCUT2D eigenvalue weighted by Gasteiger charge is 2.71. The van der Waals surface area contributed by atoms with Crippen LogP contribution in [0.4, 0.5) is 0 Å². The summed E-state index contributed by atoms with van der Waals surface area (Å²) in [5.41, 5.74) is 2.52. The maximum absolute atomic E-state index is 14.2. The lowest BCUT2D eigenvalue weighted by atomic mass is 9.36. The topological polar surface area (TPSA) is 129 Å². The van der Waals surface area contributed by atoms with Crippen molar-refractivity contribution in [3.05, 3.63) is 58.7 Å². The highest BCUT2D eigenvalue weighted by Crippen LogP contribution is 2.74. The third kappa shape index (κ3) is 8.25. The number of morpholine rings is 1. The molecule has 0 aromatic heterocycles. The second-order valence-electron chi connectivity index (χ2n) is 18.4. The van der Waals surface area contributed by atoms with Gasteiger partial charge in [-0.3, -0.25) is 14.4 Å². The van der Waals surface area contributed by atoms with Gasteiger partial charge >= 0.3 is 17.9 Å². The van der Waals surface area contributed by atoms with Crippen molar-refractivity contribution < 1.29 is 43.2 Å². The molecule has 1 heterocycles. The number of hydrogen-bond donors (Lipinski definition) is 1. The predicted molar refractivity (Wildman–Crippen MR) is 212 cm³/mol. The number of rotatable bonds is 11. The smallest absolute Gasteiger partial charge is 0.334 e. The molecule has 5 fully saturated rings. The average Bonchev–Trinajstić information content (AvgIpc) is 3.43. The molecule has 4 saturated carbocycles. The minimum atomic E-state index is -0.645. The van der Waals surface area contributed by atoms with Crippen molar-refractivity contribution in [2.75, 3.05) is 26.3 Å². The van der Waals surface area contributed by atoms with Crippen LogP contribution in [0.15, 0.2) is 53.1 Å². The monoisotopic (exact) mass is 775 g/mol. The molecule has 0 bridgehead atoms. The normalized spacial score (nSPS) is 35.9. The van der Waals surface area contributed by atoms with Gasteiger partial charge in [-0.1, -0.05) is 69.7 Å². The van der Waals surface area contributed by atoms with Gasteiger partial charge < -0.3 is 29.0 Å². The fraction of sp³-hybridized carbons (Fsp3) is 0.696. The second kappa shape index (κ2) is 17.2. The molecule has 308 valence electrons. The predicted octanol–water partition coefficient (Wildman–Crippen LogP) is 7.51. The first kappa shape index (κ1) is 42.1. The van der Waals surface area contributed by atoms with Crippen LogP contribution in [0.1, 0.15) is 118 Å². The molecule has 10 atom stereocenters. The molecule has 1 aromatic rings. The van der Waals surface area contributed by atoms with Gasteiger partial charge in [-0.05, 0) is 116 Å². The number of allylic oxidation sites excluding steroid dienone is 2. The van der Waals surface area contributed by atoms with Crippen LogP contribution in [0, 0.1) is 39.9 Å². The lowest BCUT2D eigenvalue weighted by Gasteiger charge is -2.69. The number of ether oxygens (including phenoxy) is 4. The summed E-state index contributed by atoms with van der Waals surface area (Å²) < 4.78 is 23.6. The number of benzene rings is 1. The van der Waals surface area contributed by atoms with E-state index in [1.165, 1.54) is 6.92 Å². The van der Waals surface area contributed by atoms with Crippen molar-refractivity contribution in [1.82, 2.24) is 4.90 Å². The lowest BCUT2D eigenvalue weighted by Crippen LogP contribution is -2.65. The summed E-state index contributed by atoms with van der Waals surface area (Å²) in [6.07, 6.45) is 6.25. The summed E-state index contributed by atoms with van der Waals surface area (Å²) in [6, 6.07) is 9.63. The zero-order valence-electron chi connectivity index (χ0n) is 34.8. The zero-order valence-corrected chi connectivity index (χ0v) is 34.8. The molecule has 0 unspecified atom stereocenters. The first-order chi connectivity index (χ1) is 26.6. The summed E-state index contributed by atoms with van der Waals surface area (Å²) >= 11 is 0. The molecule has 1 amide bonds. The minimum Gasteiger partial charge on any atom is -0.462 e. The Bertz CT molecular complexity index is 1680. The molecule has 1 N–H and O–H groups in total. The number of aliphatic hydroxyl groups is 1. The SMILES string of the molecule is CC(=O)O[C@H]1C[C@@]2(C)[C@@H](C[C@@H](O)[C@H]3[C@@]4(C)CC[C@@H](OC(=O)CCC(=O)N5CCOCC5)[C@@H](C)[C@@H]4CC[C@@]32C)/C1=C(\CCC=C(C)C)C(=O)OCc1ccccc1. The van der Waals surface area contributed by atoms with Gasteiger partial charge in [0.05, 0.1) is 25.7 Å². The van der Waals surface area contributed by atoms with Crippen LogP contribution < -0.4 is 0 Å². The highest BCUT2D eigenvalue weighted by atomic mass is 16.6. The summed E-state index contributed by atoms with van der Waals surface area (Å²) in [6.45, 7) is 17.0. The fourth-order valence-electron chi connectivity index (χ4n) is 12.1. The van der Waals surface area contributed by atoms with Gasteiger partial charge in [0.1, 0.15) is 18.8 Å². The van der Waals surface area contributed by atoms with Gasteiger partial charge in [-0.2, -0.15) is 0 Å². The van der Waals surface area contributed by atoms with Gasteiger partial charge in [-0.25, -0.2) is 4.79 Å². The summed E-state index contributed by atoms with van der Waals surface area (Å²) in [4.78, 5) is 54.5. The quantitative estimate of drug-likeness (QED) is 0.105. The summed E-state index contributed by atoms with van der Waals surface area (Å²) in [7, 11) is 0. The van der Waals surface area contributed by atoms with E-state index in [2.05, 4.69) is 33.8 Å². The van der Waals surface area contributed by atoms with Crippen molar-refractivity contribution in [1.29, 1.82) is 0 Å². The Labute approximate surface area is 333 Å². The lowest BCUT2D eigenvalue weighted by molar-refractivity contribution is -0.236. The molecule has 1 aliphatic heterocycles. The molecule has 56 heavy (non-hydrogen) atoms. The molecule has 0 radical (unpaired) electrons. The van der Waals surface area contributed by atoms with E-state index < -0.39 is 18.2 Å². The third-order valence-electron chi connectivity index (χ3n) is 14.9. The molecular formula is C46H65NO9. The Morgan fingerprint density at radius 3 is 2.32 bits per heavy atom. The van der Waals surface area contributed by atoms with Crippen LogP contribution in [0.5, 0.6) is 0 Å². The Kier molecular flexibility index (Phi) is 12.9. The van der Waals surface area contributed by atoms with E-state index in [0.717, 1.165) is 36.0 Å². The fourth-order valence-corrected chi connectivity index (χ4v) is 12.1. The van der Waals surface area contributed by atoms with Crippen LogP contribution in [0.2, 0.25) is 0 Å². The second-order valence-corrected chi connectivity index (χ2v) is 18.4. The van der Waals surface area contributed by atoms with E-state index in [0.29, 0.717) is 64.0 Å². The van der Waals surface area contributed by atoms with Crippen molar-refractivity contribution in [2.24, 2.45) is 39.9 Å². The van der Waals surface area contributed by atoms with E-state index >= 15 is 0 Å². The summed E-state index contributed by atoms with van der Waals surface area (Å²) in [5, 5.41) is 12.5. The molecule has 5 aliphatic rings. The van der Waals surface area contributed by atoms with Gasteiger partial charge in [0, 0.05) is 32.0 Å². The molecule has 0 spiro atoms. The maximum Gasteiger partial charge on any atom is 0.334 e. The number of hydrogen-bond acceptors (Lipinski definition) is 9. The Morgan fingerprint density at radius 2 is 1.64 bits per heavy atom. The van der Waals surface area contributed by atoms with Gasteiger partial charge in [0.25, 0.3) is 0 Å². The number of carbonyl (C=O) groups is 4. The number of amides is 1. The average molecular weight is 776 g/mol. The van der Waals surface area contributed by atoms with Crippen molar-refractivity contribution in [3.63, 3.8) is 0 Å². The molecule has 1 saturated heterocycles. The standard InChI is InChI=1S/C46H65NO9/c1-29(2)12-11-15-33(43(52)54-28-32-13-9-8-10-14-32)41-35-26-36(49)42-44(5)20-19-37(56-40(51)17-16-39(50)47-22-24-53-25-23-47)30(3)34(44)18-21-45(42,6)46(35,7)27-38(41)55-31(4)48/h8-10,12-14,30,34-38,42,49H,11,15-28H2,1-7H3/b41-33-/t30-,34-,35-,36+,37+,38-,42-,44-,45-,46-/m0/s1. The molecule has 10 nitrogen and oxygen atoms in total. The van der Waals surface area contributed by atoms with E-state index in [1.54, 1.807) is 4.90 Å². The van der Waals surface area contributed by atoms with Gasteiger partial charge in [-0.15, -0.1) is 0 Å². The molecule has 1 aromatic carbocycles. The first-order valence-electron chi connectivity index (χ1n) is 21.1. The van der Waals surface area contributed by atoms with Gasteiger partial charge in [0.2, 0.25) is 5.91 Å².